The van der Waals surface area contributed by atoms with Crippen LogP contribution in [0.3, 0.4) is 0 Å². The minimum Gasteiger partial charge on any atom is -0.507 e. The van der Waals surface area contributed by atoms with Gasteiger partial charge in [-0.05, 0) is 29.8 Å². The highest BCUT2D eigenvalue weighted by atomic mass is 19.4. The Hall–Kier alpha value is -2.41. The minimum atomic E-state index is -4.74. The number of ether oxygens (including phenoxy) is 2. The van der Waals surface area contributed by atoms with Gasteiger partial charge in [0.25, 0.3) is 0 Å². The zero-order chi connectivity index (χ0) is 16.3. The predicted octanol–water partition coefficient (Wildman–Crippen LogP) is 3.35. The minimum absolute atomic E-state index is 0.0533. The van der Waals surface area contributed by atoms with Crippen molar-refractivity contribution in [3.63, 3.8) is 0 Å². The molecule has 1 atom stereocenters. The first kappa shape index (κ1) is 16.0. The van der Waals surface area contributed by atoms with E-state index in [1.807, 2.05) is 0 Å². The number of nitrogens with two attached hydrogens (primary N) is 1. The van der Waals surface area contributed by atoms with Gasteiger partial charge in [-0.1, -0.05) is 12.1 Å². The van der Waals surface area contributed by atoms with Crippen molar-refractivity contribution in [3.8, 4) is 17.2 Å². The van der Waals surface area contributed by atoms with Crippen molar-refractivity contribution in [1.29, 1.82) is 0 Å². The molecule has 4 nitrogen and oxygen atoms in total. The van der Waals surface area contributed by atoms with E-state index in [4.69, 9.17) is 10.5 Å². The summed E-state index contributed by atoms with van der Waals surface area (Å²) in [5, 5.41) is 9.93. The van der Waals surface area contributed by atoms with Gasteiger partial charge in [-0.15, -0.1) is 13.2 Å². The van der Waals surface area contributed by atoms with E-state index in [1.165, 1.54) is 37.4 Å². The Balaban J connectivity index is 2.21. The lowest BCUT2D eigenvalue weighted by molar-refractivity contribution is -0.274. The summed E-state index contributed by atoms with van der Waals surface area (Å²) in [6.07, 6.45) is -4.74. The summed E-state index contributed by atoms with van der Waals surface area (Å²) in [6, 6.07) is 9.12. The highest BCUT2D eigenvalue weighted by molar-refractivity contribution is 5.45. The maximum atomic E-state index is 12.1. The molecule has 2 aromatic rings. The van der Waals surface area contributed by atoms with Crippen LogP contribution in [0.2, 0.25) is 0 Å². The summed E-state index contributed by atoms with van der Waals surface area (Å²) < 4.78 is 45.1. The van der Waals surface area contributed by atoms with Crippen LogP contribution < -0.4 is 15.2 Å². The van der Waals surface area contributed by atoms with Crippen LogP contribution in [0, 0.1) is 0 Å². The zero-order valence-corrected chi connectivity index (χ0v) is 11.6. The van der Waals surface area contributed by atoms with Crippen LogP contribution in [0.1, 0.15) is 17.2 Å². The van der Waals surface area contributed by atoms with Gasteiger partial charge in [-0.2, -0.15) is 0 Å². The van der Waals surface area contributed by atoms with Gasteiger partial charge in [0.2, 0.25) is 0 Å². The molecule has 118 valence electrons. The van der Waals surface area contributed by atoms with E-state index in [0.29, 0.717) is 16.9 Å². The number of phenolic OH excluding ortho intramolecular Hbond substituents is 1. The van der Waals surface area contributed by atoms with Gasteiger partial charge >= 0.3 is 6.36 Å². The average Bonchev–Trinajstić information content (AvgIpc) is 2.45. The zero-order valence-electron chi connectivity index (χ0n) is 11.6. The number of aromatic hydroxyl groups is 1. The monoisotopic (exact) mass is 313 g/mol. The SMILES string of the molecule is COc1ccc([C@H](N)c2ccc(OC(F)(F)F)cc2)c(O)c1. The van der Waals surface area contributed by atoms with E-state index in [0.717, 1.165) is 0 Å². The fourth-order valence-electron chi connectivity index (χ4n) is 1.97. The first-order chi connectivity index (χ1) is 10.3. The molecule has 0 saturated heterocycles. The number of methoxy groups -OCH3 is 1. The van der Waals surface area contributed by atoms with Crippen LogP contribution in [-0.2, 0) is 0 Å². The van der Waals surface area contributed by atoms with E-state index < -0.39 is 12.4 Å². The molecule has 0 saturated carbocycles. The Labute approximate surface area is 124 Å². The van der Waals surface area contributed by atoms with Gasteiger partial charge < -0.3 is 20.3 Å². The number of alkyl halides is 3. The first-order valence-electron chi connectivity index (χ1n) is 6.28. The Bertz CT molecular complexity index is 641. The number of rotatable bonds is 4. The van der Waals surface area contributed by atoms with Gasteiger partial charge in [-0.3, -0.25) is 0 Å². The number of hydrogen-bond donors (Lipinski definition) is 2. The van der Waals surface area contributed by atoms with Gasteiger partial charge in [-0.25, -0.2) is 0 Å². The third-order valence-corrected chi connectivity index (χ3v) is 3.05. The van der Waals surface area contributed by atoms with Gasteiger partial charge in [0.1, 0.15) is 17.2 Å². The fourth-order valence-corrected chi connectivity index (χ4v) is 1.97. The van der Waals surface area contributed by atoms with E-state index in [2.05, 4.69) is 4.74 Å². The van der Waals surface area contributed by atoms with Crippen LogP contribution >= 0.6 is 0 Å². The summed E-state index contributed by atoms with van der Waals surface area (Å²) in [5.74, 6) is 0.0900. The molecule has 2 aromatic carbocycles. The Morgan fingerprint density at radius 1 is 1.05 bits per heavy atom. The Morgan fingerprint density at radius 2 is 1.64 bits per heavy atom. The molecule has 0 unspecified atom stereocenters. The summed E-state index contributed by atoms with van der Waals surface area (Å²) in [7, 11) is 1.47. The number of phenols is 1. The predicted molar refractivity (Wildman–Crippen MR) is 73.8 cm³/mol. The van der Waals surface area contributed by atoms with Crippen molar-refractivity contribution in [2.75, 3.05) is 7.11 Å². The third kappa shape index (κ3) is 3.82. The third-order valence-electron chi connectivity index (χ3n) is 3.05. The Morgan fingerprint density at radius 3 is 2.14 bits per heavy atom. The van der Waals surface area contributed by atoms with Crippen molar-refractivity contribution in [2.45, 2.75) is 12.4 Å². The second-order valence-electron chi connectivity index (χ2n) is 4.52. The second kappa shape index (κ2) is 6.15. The van der Waals surface area contributed by atoms with Crippen LogP contribution in [-0.4, -0.2) is 18.6 Å². The molecular weight excluding hydrogens is 299 g/mol. The normalized spacial score (nSPS) is 12.8. The fraction of sp³-hybridized carbons (Fsp3) is 0.200. The van der Waals surface area contributed by atoms with Crippen molar-refractivity contribution in [3.05, 3.63) is 53.6 Å². The number of halogens is 3. The molecule has 0 spiro atoms. The molecule has 0 fully saturated rings. The van der Waals surface area contributed by atoms with E-state index in [9.17, 15) is 18.3 Å². The average molecular weight is 313 g/mol. The highest BCUT2D eigenvalue weighted by Crippen LogP contribution is 2.32. The van der Waals surface area contributed by atoms with E-state index >= 15 is 0 Å². The summed E-state index contributed by atoms with van der Waals surface area (Å²) >= 11 is 0. The van der Waals surface area contributed by atoms with Crippen molar-refractivity contribution in [1.82, 2.24) is 0 Å². The van der Waals surface area contributed by atoms with Crippen molar-refractivity contribution >= 4 is 0 Å². The molecule has 2 rings (SSSR count). The Kier molecular flexibility index (Phi) is 4.46. The van der Waals surface area contributed by atoms with E-state index in [1.54, 1.807) is 12.1 Å². The highest BCUT2D eigenvalue weighted by Gasteiger charge is 2.31. The molecule has 3 N–H and O–H groups in total. The molecule has 0 aromatic heterocycles. The maximum Gasteiger partial charge on any atom is 0.573 e. The van der Waals surface area contributed by atoms with Crippen LogP contribution in [0.4, 0.5) is 13.2 Å². The molecule has 0 aliphatic heterocycles. The lowest BCUT2D eigenvalue weighted by Gasteiger charge is -2.16. The van der Waals surface area contributed by atoms with Gasteiger partial charge in [0.05, 0.1) is 13.2 Å². The molecular formula is C15H14F3NO3. The van der Waals surface area contributed by atoms with Gasteiger partial charge in [0.15, 0.2) is 0 Å². The molecule has 0 bridgehead atoms. The van der Waals surface area contributed by atoms with Gasteiger partial charge in [0, 0.05) is 11.6 Å². The number of hydrogen-bond acceptors (Lipinski definition) is 4. The summed E-state index contributed by atoms with van der Waals surface area (Å²) in [6.45, 7) is 0. The number of benzene rings is 2. The quantitative estimate of drug-likeness (QED) is 0.908. The maximum absolute atomic E-state index is 12.1. The smallest absolute Gasteiger partial charge is 0.507 e. The standard InChI is InChI=1S/C15H14F3NO3/c1-21-11-6-7-12(13(20)8-11)14(19)9-2-4-10(5-3-9)22-15(16,17)18/h2-8,14,20H,19H2,1H3/t14-/m1/s1. The van der Waals surface area contributed by atoms with E-state index in [-0.39, 0.29) is 11.5 Å². The molecule has 7 heteroatoms. The molecule has 0 aliphatic carbocycles. The summed E-state index contributed by atoms with van der Waals surface area (Å²) in [5.41, 5.74) is 6.99. The molecule has 22 heavy (non-hydrogen) atoms. The molecule has 0 heterocycles. The van der Waals surface area contributed by atoms with Crippen molar-refractivity contribution in [2.24, 2.45) is 5.73 Å². The largest absolute Gasteiger partial charge is 0.573 e. The molecule has 0 aliphatic rings. The molecule has 0 radical (unpaired) electrons. The van der Waals surface area contributed by atoms with Crippen LogP contribution in [0.5, 0.6) is 17.2 Å². The topological polar surface area (TPSA) is 64.7 Å². The summed E-state index contributed by atoms with van der Waals surface area (Å²) in [4.78, 5) is 0. The van der Waals surface area contributed by atoms with Crippen molar-refractivity contribution < 1.29 is 27.8 Å². The first-order valence-corrected chi connectivity index (χ1v) is 6.28. The second-order valence-corrected chi connectivity index (χ2v) is 4.52. The lowest BCUT2D eigenvalue weighted by Crippen LogP contribution is -2.17. The van der Waals surface area contributed by atoms with Crippen LogP contribution in [0.25, 0.3) is 0 Å². The van der Waals surface area contributed by atoms with Crippen LogP contribution in [0.15, 0.2) is 42.5 Å². The molecule has 0 amide bonds. The lowest BCUT2D eigenvalue weighted by atomic mass is 9.98.